The number of methoxy groups -OCH3 is 1. The van der Waals surface area contributed by atoms with E-state index in [0.717, 1.165) is 0 Å². The van der Waals surface area contributed by atoms with Gasteiger partial charge in [-0.25, -0.2) is 0 Å². The predicted octanol–water partition coefficient (Wildman–Crippen LogP) is 0.770. The summed E-state index contributed by atoms with van der Waals surface area (Å²) >= 11 is 0. The Morgan fingerprint density at radius 2 is 2.31 bits per heavy atom. The van der Waals surface area contributed by atoms with Crippen LogP contribution in [0.3, 0.4) is 0 Å². The highest BCUT2D eigenvalue weighted by Crippen LogP contribution is 2.15. The maximum absolute atomic E-state index is 11.8. The van der Waals surface area contributed by atoms with Crippen LogP contribution in [0, 0.1) is 18.3 Å². The van der Waals surface area contributed by atoms with E-state index in [4.69, 9.17) is 10.00 Å². The SMILES string of the molecule is COCCCn1cc(O)c(C)c(C#N)c1=O. The first-order valence-corrected chi connectivity index (χ1v) is 4.93. The molecule has 1 heterocycles. The molecule has 0 fully saturated rings. The van der Waals surface area contributed by atoms with E-state index < -0.39 is 0 Å². The van der Waals surface area contributed by atoms with Crippen LogP contribution in [-0.2, 0) is 11.3 Å². The maximum atomic E-state index is 11.8. The van der Waals surface area contributed by atoms with Crippen molar-refractivity contribution in [3.63, 3.8) is 0 Å². The van der Waals surface area contributed by atoms with Gasteiger partial charge in [-0.1, -0.05) is 0 Å². The molecule has 1 aromatic rings. The zero-order valence-corrected chi connectivity index (χ0v) is 9.36. The Morgan fingerprint density at radius 3 is 2.88 bits per heavy atom. The van der Waals surface area contributed by atoms with E-state index in [9.17, 15) is 9.90 Å². The van der Waals surface area contributed by atoms with Gasteiger partial charge < -0.3 is 14.4 Å². The number of aromatic nitrogens is 1. The third kappa shape index (κ3) is 2.41. The summed E-state index contributed by atoms with van der Waals surface area (Å²) in [5.74, 6) is -0.0337. The molecule has 0 saturated carbocycles. The Kier molecular flexibility index (Phi) is 4.09. The molecular formula is C11H14N2O3. The smallest absolute Gasteiger partial charge is 0.268 e. The molecule has 0 aromatic carbocycles. The minimum atomic E-state index is -0.367. The fourth-order valence-corrected chi connectivity index (χ4v) is 1.41. The number of pyridine rings is 1. The molecule has 0 atom stereocenters. The van der Waals surface area contributed by atoms with E-state index in [1.54, 1.807) is 14.0 Å². The predicted molar refractivity (Wildman–Crippen MR) is 58.3 cm³/mol. The van der Waals surface area contributed by atoms with Crippen LogP contribution in [0.15, 0.2) is 11.0 Å². The number of rotatable bonds is 4. The maximum Gasteiger partial charge on any atom is 0.268 e. The van der Waals surface area contributed by atoms with E-state index in [2.05, 4.69) is 0 Å². The summed E-state index contributed by atoms with van der Waals surface area (Å²) in [5.41, 5.74) is -0.0400. The molecule has 0 saturated heterocycles. The molecule has 0 radical (unpaired) electrons. The van der Waals surface area contributed by atoms with Crippen LogP contribution >= 0.6 is 0 Å². The molecule has 86 valence electrons. The van der Waals surface area contributed by atoms with E-state index in [0.29, 0.717) is 25.1 Å². The highest BCUT2D eigenvalue weighted by atomic mass is 16.5. The third-order valence-corrected chi connectivity index (χ3v) is 2.37. The van der Waals surface area contributed by atoms with Gasteiger partial charge in [-0.3, -0.25) is 4.79 Å². The lowest BCUT2D eigenvalue weighted by Gasteiger charge is -2.08. The summed E-state index contributed by atoms with van der Waals surface area (Å²) in [7, 11) is 1.58. The molecule has 0 aliphatic heterocycles. The van der Waals surface area contributed by atoms with Crippen LogP contribution in [-0.4, -0.2) is 23.4 Å². The van der Waals surface area contributed by atoms with Crippen molar-refractivity contribution in [2.75, 3.05) is 13.7 Å². The monoisotopic (exact) mass is 222 g/mol. The van der Waals surface area contributed by atoms with Gasteiger partial charge in [-0.2, -0.15) is 5.26 Å². The highest BCUT2D eigenvalue weighted by Gasteiger charge is 2.11. The minimum Gasteiger partial charge on any atom is -0.506 e. The Balaban J connectivity index is 3.08. The Bertz CT molecular complexity index is 471. The van der Waals surface area contributed by atoms with Gasteiger partial charge >= 0.3 is 0 Å². The van der Waals surface area contributed by atoms with Gasteiger partial charge in [-0.05, 0) is 13.3 Å². The largest absolute Gasteiger partial charge is 0.506 e. The van der Waals surface area contributed by atoms with Gasteiger partial charge in [0.05, 0.1) is 0 Å². The molecule has 0 aliphatic carbocycles. The Morgan fingerprint density at radius 1 is 1.62 bits per heavy atom. The van der Waals surface area contributed by atoms with Gasteiger partial charge in [0.25, 0.3) is 5.56 Å². The van der Waals surface area contributed by atoms with E-state index in [-0.39, 0.29) is 16.9 Å². The summed E-state index contributed by atoms with van der Waals surface area (Å²) in [6.45, 7) is 2.51. The molecule has 5 heteroatoms. The molecule has 0 amide bonds. The van der Waals surface area contributed by atoms with E-state index >= 15 is 0 Å². The number of ether oxygens (including phenoxy) is 1. The van der Waals surface area contributed by atoms with Crippen LogP contribution in [0.1, 0.15) is 17.5 Å². The van der Waals surface area contributed by atoms with Crippen LogP contribution in [0.2, 0.25) is 0 Å². The fraction of sp³-hybridized carbons (Fsp3) is 0.455. The molecule has 0 aliphatic rings. The summed E-state index contributed by atoms with van der Waals surface area (Å²) in [6.07, 6.45) is 2.01. The molecule has 16 heavy (non-hydrogen) atoms. The minimum absolute atomic E-state index is 0.00239. The number of hydrogen-bond acceptors (Lipinski definition) is 4. The molecule has 1 rings (SSSR count). The van der Waals surface area contributed by atoms with Gasteiger partial charge in [0.1, 0.15) is 17.4 Å². The second-order valence-electron chi connectivity index (χ2n) is 3.47. The molecule has 1 N–H and O–H groups in total. The average Bonchev–Trinajstić information content (AvgIpc) is 2.26. The number of aromatic hydroxyl groups is 1. The van der Waals surface area contributed by atoms with Crippen molar-refractivity contribution >= 4 is 0 Å². The Labute approximate surface area is 93.5 Å². The third-order valence-electron chi connectivity index (χ3n) is 2.37. The quantitative estimate of drug-likeness (QED) is 0.763. The van der Waals surface area contributed by atoms with Crippen LogP contribution in [0.5, 0.6) is 5.75 Å². The molecule has 0 spiro atoms. The Hall–Kier alpha value is -1.80. The summed E-state index contributed by atoms with van der Waals surface area (Å²) in [6, 6.07) is 1.81. The van der Waals surface area contributed by atoms with E-state index in [1.807, 2.05) is 6.07 Å². The normalized spacial score (nSPS) is 10.1. The number of nitriles is 1. The zero-order valence-electron chi connectivity index (χ0n) is 9.36. The lowest BCUT2D eigenvalue weighted by atomic mass is 10.1. The first-order chi connectivity index (χ1) is 7.61. The van der Waals surface area contributed by atoms with Crippen molar-refractivity contribution in [1.82, 2.24) is 4.57 Å². The van der Waals surface area contributed by atoms with Crippen molar-refractivity contribution in [3.8, 4) is 11.8 Å². The number of nitrogens with zero attached hydrogens (tertiary/aromatic N) is 2. The van der Waals surface area contributed by atoms with E-state index in [1.165, 1.54) is 10.8 Å². The number of hydrogen-bond donors (Lipinski definition) is 1. The lowest BCUT2D eigenvalue weighted by molar-refractivity contribution is 0.190. The summed E-state index contributed by atoms with van der Waals surface area (Å²) < 4.78 is 6.20. The van der Waals surface area contributed by atoms with Gasteiger partial charge in [0, 0.05) is 32.0 Å². The average molecular weight is 222 g/mol. The van der Waals surface area contributed by atoms with Crippen molar-refractivity contribution in [2.45, 2.75) is 19.9 Å². The van der Waals surface area contributed by atoms with Crippen molar-refractivity contribution in [3.05, 3.63) is 27.7 Å². The summed E-state index contributed by atoms with van der Waals surface area (Å²) in [5, 5.41) is 18.4. The van der Waals surface area contributed by atoms with Crippen molar-refractivity contribution in [2.24, 2.45) is 0 Å². The zero-order chi connectivity index (χ0) is 12.1. The first kappa shape index (κ1) is 12.3. The first-order valence-electron chi connectivity index (χ1n) is 4.93. The summed E-state index contributed by atoms with van der Waals surface area (Å²) in [4.78, 5) is 11.8. The highest BCUT2D eigenvalue weighted by molar-refractivity contribution is 5.42. The topological polar surface area (TPSA) is 75.2 Å². The van der Waals surface area contributed by atoms with Gasteiger partial charge in [0.2, 0.25) is 0 Å². The standard InChI is InChI=1S/C11H14N2O3/c1-8-9(6-12)11(15)13(7-10(8)14)4-3-5-16-2/h7,14H,3-5H2,1-2H3. The van der Waals surface area contributed by atoms with Crippen LogP contribution < -0.4 is 5.56 Å². The molecule has 1 aromatic heterocycles. The molecule has 5 nitrogen and oxygen atoms in total. The van der Waals surface area contributed by atoms with Crippen LogP contribution in [0.25, 0.3) is 0 Å². The number of aryl methyl sites for hydroxylation is 1. The van der Waals surface area contributed by atoms with Crippen LogP contribution in [0.4, 0.5) is 0 Å². The molecule has 0 unspecified atom stereocenters. The van der Waals surface area contributed by atoms with Crippen molar-refractivity contribution in [1.29, 1.82) is 5.26 Å². The van der Waals surface area contributed by atoms with Gasteiger partial charge in [0.15, 0.2) is 0 Å². The molecular weight excluding hydrogens is 208 g/mol. The van der Waals surface area contributed by atoms with Crippen molar-refractivity contribution < 1.29 is 9.84 Å². The fourth-order valence-electron chi connectivity index (χ4n) is 1.41. The lowest BCUT2D eigenvalue weighted by Crippen LogP contribution is -2.23. The molecule has 0 bridgehead atoms. The second kappa shape index (κ2) is 5.33. The van der Waals surface area contributed by atoms with Gasteiger partial charge in [-0.15, -0.1) is 0 Å². The second-order valence-corrected chi connectivity index (χ2v) is 3.47.